The third-order valence-corrected chi connectivity index (χ3v) is 3.69. The number of morpholine rings is 1. The third kappa shape index (κ3) is 2.41. The van der Waals surface area contributed by atoms with Crippen LogP contribution in [0, 0.1) is 11.3 Å². The van der Waals surface area contributed by atoms with Crippen LogP contribution in [-0.2, 0) is 4.74 Å². The number of nitriles is 1. The molecule has 0 bridgehead atoms. The van der Waals surface area contributed by atoms with Crippen LogP contribution in [0.15, 0.2) is 17.5 Å². The summed E-state index contributed by atoms with van der Waals surface area (Å²) in [5.41, 5.74) is 0.266. The Morgan fingerprint density at radius 3 is 2.84 bits per heavy atom. The molecule has 2 aromatic rings. The highest BCUT2D eigenvalue weighted by atomic mass is 32.1. The van der Waals surface area contributed by atoms with Crippen molar-refractivity contribution in [3.8, 4) is 16.8 Å². The molecular formula is C12H11N5OS. The van der Waals surface area contributed by atoms with Crippen LogP contribution in [0.4, 0.5) is 5.82 Å². The van der Waals surface area contributed by atoms with Crippen molar-refractivity contribution >= 4 is 17.2 Å². The maximum Gasteiger partial charge on any atom is 0.205 e. The number of thiophene rings is 1. The van der Waals surface area contributed by atoms with E-state index in [4.69, 9.17) is 10.00 Å². The highest BCUT2D eigenvalue weighted by molar-refractivity contribution is 7.13. The van der Waals surface area contributed by atoms with E-state index in [0.29, 0.717) is 24.9 Å². The van der Waals surface area contributed by atoms with E-state index in [0.717, 1.165) is 18.0 Å². The molecule has 0 spiro atoms. The number of rotatable bonds is 2. The van der Waals surface area contributed by atoms with Gasteiger partial charge in [0, 0.05) is 13.1 Å². The predicted molar refractivity (Wildman–Crippen MR) is 70.9 cm³/mol. The van der Waals surface area contributed by atoms with Gasteiger partial charge in [-0.1, -0.05) is 6.07 Å². The Morgan fingerprint density at radius 2 is 2.16 bits per heavy atom. The Kier molecular flexibility index (Phi) is 3.35. The van der Waals surface area contributed by atoms with Gasteiger partial charge in [-0.3, -0.25) is 0 Å². The number of hydrogen-bond donors (Lipinski definition) is 0. The van der Waals surface area contributed by atoms with Crippen LogP contribution in [0.25, 0.3) is 10.7 Å². The number of aromatic nitrogens is 3. The summed E-state index contributed by atoms with van der Waals surface area (Å²) >= 11 is 1.55. The van der Waals surface area contributed by atoms with Crippen LogP contribution in [0.3, 0.4) is 0 Å². The fourth-order valence-electron chi connectivity index (χ4n) is 1.90. The number of hydrogen-bond acceptors (Lipinski definition) is 7. The molecule has 1 saturated heterocycles. The summed E-state index contributed by atoms with van der Waals surface area (Å²) in [6.07, 6.45) is 0. The minimum absolute atomic E-state index is 0.266. The van der Waals surface area contributed by atoms with Crippen LogP contribution in [-0.4, -0.2) is 41.5 Å². The largest absolute Gasteiger partial charge is 0.378 e. The van der Waals surface area contributed by atoms with E-state index in [9.17, 15) is 0 Å². The second-order valence-corrected chi connectivity index (χ2v) is 4.94. The van der Waals surface area contributed by atoms with Crippen molar-refractivity contribution in [3.63, 3.8) is 0 Å². The molecule has 0 aromatic carbocycles. The van der Waals surface area contributed by atoms with Crippen molar-refractivity contribution < 1.29 is 4.74 Å². The van der Waals surface area contributed by atoms with Gasteiger partial charge in [0.15, 0.2) is 11.6 Å². The predicted octanol–water partition coefficient (Wildman–Crippen LogP) is 1.31. The molecule has 0 unspecified atom stereocenters. The first-order valence-corrected chi connectivity index (χ1v) is 6.78. The molecule has 2 aromatic heterocycles. The smallest absolute Gasteiger partial charge is 0.205 e. The maximum absolute atomic E-state index is 9.12. The molecule has 0 radical (unpaired) electrons. The van der Waals surface area contributed by atoms with Crippen LogP contribution < -0.4 is 4.90 Å². The number of ether oxygens (including phenoxy) is 1. The van der Waals surface area contributed by atoms with Crippen LogP contribution in [0.5, 0.6) is 0 Å². The number of anilines is 1. The van der Waals surface area contributed by atoms with Gasteiger partial charge in [-0.25, -0.2) is 4.98 Å². The van der Waals surface area contributed by atoms with Gasteiger partial charge >= 0.3 is 0 Å². The van der Waals surface area contributed by atoms with E-state index in [1.54, 1.807) is 11.3 Å². The van der Waals surface area contributed by atoms with Crippen molar-refractivity contribution in [2.75, 3.05) is 31.2 Å². The molecular weight excluding hydrogens is 262 g/mol. The highest BCUT2D eigenvalue weighted by Gasteiger charge is 2.19. The SMILES string of the molecule is N#Cc1nnc(-c2cccs2)nc1N1CCOCC1. The van der Waals surface area contributed by atoms with E-state index < -0.39 is 0 Å². The first-order valence-electron chi connectivity index (χ1n) is 5.90. The summed E-state index contributed by atoms with van der Waals surface area (Å²) in [5.74, 6) is 1.17. The third-order valence-electron chi connectivity index (χ3n) is 2.83. The van der Waals surface area contributed by atoms with Crippen molar-refractivity contribution in [2.45, 2.75) is 0 Å². The summed E-state index contributed by atoms with van der Waals surface area (Å²) in [6, 6.07) is 5.93. The molecule has 1 fully saturated rings. The Morgan fingerprint density at radius 1 is 1.32 bits per heavy atom. The summed E-state index contributed by atoms with van der Waals surface area (Å²) in [6.45, 7) is 2.72. The molecule has 0 N–H and O–H groups in total. The molecule has 0 aliphatic carbocycles. The molecule has 0 atom stereocenters. The van der Waals surface area contributed by atoms with Gasteiger partial charge in [0.05, 0.1) is 18.1 Å². The van der Waals surface area contributed by atoms with Gasteiger partial charge in [-0.15, -0.1) is 21.5 Å². The monoisotopic (exact) mass is 273 g/mol. The van der Waals surface area contributed by atoms with Gasteiger partial charge in [0.1, 0.15) is 6.07 Å². The zero-order chi connectivity index (χ0) is 13.1. The first-order chi connectivity index (χ1) is 9.38. The normalized spacial score (nSPS) is 15.2. The molecule has 1 aliphatic rings. The van der Waals surface area contributed by atoms with Crippen LogP contribution in [0.1, 0.15) is 5.69 Å². The summed E-state index contributed by atoms with van der Waals surface area (Å²) in [5, 5.41) is 19.1. The topological polar surface area (TPSA) is 74.9 Å². The zero-order valence-electron chi connectivity index (χ0n) is 10.1. The van der Waals surface area contributed by atoms with Crippen LogP contribution in [0.2, 0.25) is 0 Å². The maximum atomic E-state index is 9.12. The summed E-state index contributed by atoms with van der Waals surface area (Å²) in [4.78, 5) is 7.47. The minimum Gasteiger partial charge on any atom is -0.378 e. The average Bonchev–Trinajstić information content (AvgIpc) is 3.02. The van der Waals surface area contributed by atoms with E-state index in [1.165, 1.54) is 0 Å². The van der Waals surface area contributed by atoms with Gasteiger partial charge < -0.3 is 9.64 Å². The van der Waals surface area contributed by atoms with Crippen molar-refractivity contribution in [2.24, 2.45) is 0 Å². The molecule has 96 valence electrons. The molecule has 3 rings (SSSR count). The standard InChI is InChI=1S/C12H11N5OS/c13-8-9-12(17-3-5-18-6-4-17)14-11(16-15-9)10-2-1-7-19-10/h1-2,7H,3-6H2. The fraction of sp³-hybridized carbons (Fsp3) is 0.333. The van der Waals surface area contributed by atoms with E-state index >= 15 is 0 Å². The Balaban J connectivity index is 2.00. The molecule has 6 nitrogen and oxygen atoms in total. The van der Waals surface area contributed by atoms with Crippen molar-refractivity contribution in [1.29, 1.82) is 5.26 Å². The molecule has 0 saturated carbocycles. The minimum atomic E-state index is 0.266. The molecule has 0 amide bonds. The first kappa shape index (κ1) is 12.0. The van der Waals surface area contributed by atoms with Gasteiger partial charge in [-0.2, -0.15) is 5.26 Å². The fourth-order valence-corrected chi connectivity index (χ4v) is 2.55. The second-order valence-electron chi connectivity index (χ2n) is 4.00. The summed E-state index contributed by atoms with van der Waals surface area (Å²) < 4.78 is 5.31. The average molecular weight is 273 g/mol. The van der Waals surface area contributed by atoms with E-state index in [-0.39, 0.29) is 5.69 Å². The van der Waals surface area contributed by atoms with Gasteiger partial charge in [0.2, 0.25) is 5.69 Å². The zero-order valence-corrected chi connectivity index (χ0v) is 10.9. The highest BCUT2D eigenvalue weighted by Crippen LogP contribution is 2.24. The van der Waals surface area contributed by atoms with Crippen molar-refractivity contribution in [1.82, 2.24) is 15.2 Å². The molecule has 7 heteroatoms. The molecule has 19 heavy (non-hydrogen) atoms. The lowest BCUT2D eigenvalue weighted by atomic mass is 10.3. The van der Waals surface area contributed by atoms with Crippen LogP contribution >= 0.6 is 11.3 Å². The lowest BCUT2D eigenvalue weighted by molar-refractivity contribution is 0.122. The second kappa shape index (κ2) is 5.30. The lowest BCUT2D eigenvalue weighted by Gasteiger charge is -2.27. The van der Waals surface area contributed by atoms with Gasteiger partial charge in [0.25, 0.3) is 0 Å². The van der Waals surface area contributed by atoms with Gasteiger partial charge in [-0.05, 0) is 11.4 Å². The lowest BCUT2D eigenvalue weighted by Crippen LogP contribution is -2.37. The Hall–Kier alpha value is -2.04. The summed E-state index contributed by atoms with van der Waals surface area (Å²) in [7, 11) is 0. The Labute approximate surface area is 114 Å². The molecule has 1 aliphatic heterocycles. The van der Waals surface area contributed by atoms with E-state index in [1.807, 2.05) is 22.4 Å². The van der Waals surface area contributed by atoms with E-state index in [2.05, 4.69) is 21.3 Å². The van der Waals surface area contributed by atoms with Crippen molar-refractivity contribution in [3.05, 3.63) is 23.2 Å². The number of nitrogens with zero attached hydrogens (tertiary/aromatic N) is 5. The molecule has 3 heterocycles. The Bertz CT molecular complexity index is 601. The quantitative estimate of drug-likeness (QED) is 0.821.